The quantitative estimate of drug-likeness (QED) is 0.388. The van der Waals surface area contributed by atoms with Crippen LogP contribution in [-0.2, 0) is 0 Å². The van der Waals surface area contributed by atoms with Crippen molar-refractivity contribution in [1.82, 2.24) is 5.32 Å². The Hall–Kier alpha value is -2.03. The van der Waals surface area contributed by atoms with Gasteiger partial charge in [0.1, 0.15) is 0 Å². The van der Waals surface area contributed by atoms with Crippen LogP contribution in [0.4, 0.5) is 0 Å². The Bertz CT molecular complexity index is 1370. The maximum Gasteiger partial charge on any atom is 0.0369 e. The van der Waals surface area contributed by atoms with Gasteiger partial charge in [0.05, 0.1) is 0 Å². The maximum atomic E-state index is 3.94. The van der Waals surface area contributed by atoms with Crippen molar-refractivity contribution in [2.75, 3.05) is 12.3 Å². The standard InChI is InChI=1S/C34H35NS/c1-2-4-27-24(3-1)23-15-30(34(27)36-18-23)22-10-12-26-31(14-22)33-16-29(32(26)17-35-33)21-9-11-25-19-5-7-20(8-6-19)28(25)13-21/h1-4,9-14,19-20,23,29-30,32-35H,5-8,15-18H2. The summed E-state index contributed by atoms with van der Waals surface area (Å²) in [6, 6.07) is 25.2. The normalized spacial score (nSPS) is 36.9. The van der Waals surface area contributed by atoms with Crippen LogP contribution < -0.4 is 5.32 Å². The number of piperidine rings is 1. The van der Waals surface area contributed by atoms with Gasteiger partial charge in [-0.25, -0.2) is 0 Å². The molecule has 4 aliphatic heterocycles. The minimum absolute atomic E-state index is 0.517. The lowest BCUT2D eigenvalue weighted by atomic mass is 9.63. The van der Waals surface area contributed by atoms with Crippen molar-refractivity contribution in [3.05, 3.63) is 105 Å². The van der Waals surface area contributed by atoms with E-state index in [0.717, 1.165) is 24.3 Å². The topological polar surface area (TPSA) is 12.0 Å². The molecule has 3 fully saturated rings. The van der Waals surface area contributed by atoms with Gasteiger partial charge in [0, 0.05) is 35.4 Å². The van der Waals surface area contributed by atoms with Crippen LogP contribution in [0.5, 0.6) is 0 Å². The van der Waals surface area contributed by atoms with Gasteiger partial charge in [-0.05, 0) is 107 Å². The summed E-state index contributed by atoms with van der Waals surface area (Å²) in [5.41, 5.74) is 13.2. The van der Waals surface area contributed by atoms with Crippen molar-refractivity contribution < 1.29 is 0 Å². The van der Waals surface area contributed by atoms with Crippen LogP contribution in [0.2, 0.25) is 0 Å². The molecule has 4 heterocycles. The minimum Gasteiger partial charge on any atom is -0.309 e. The molecule has 6 atom stereocenters. The molecule has 2 heteroatoms. The fourth-order valence-corrected chi connectivity index (χ4v) is 11.0. The van der Waals surface area contributed by atoms with Crippen LogP contribution in [0.3, 0.4) is 0 Å². The van der Waals surface area contributed by atoms with Crippen LogP contribution in [0, 0.1) is 0 Å². The van der Waals surface area contributed by atoms with E-state index in [9.17, 15) is 0 Å². The first kappa shape index (κ1) is 21.0. The summed E-state index contributed by atoms with van der Waals surface area (Å²) in [6.45, 7) is 1.14. The van der Waals surface area contributed by atoms with Gasteiger partial charge < -0.3 is 5.32 Å². The summed E-state index contributed by atoms with van der Waals surface area (Å²) in [5, 5.41) is 4.57. The van der Waals surface area contributed by atoms with Crippen molar-refractivity contribution in [1.29, 1.82) is 0 Å². The average molecular weight is 490 g/mol. The summed E-state index contributed by atoms with van der Waals surface area (Å²) in [7, 11) is 0. The molecule has 1 saturated carbocycles. The maximum absolute atomic E-state index is 3.94. The van der Waals surface area contributed by atoms with Gasteiger partial charge in [0.25, 0.3) is 0 Å². The number of thioether (sulfide) groups is 1. The molecule has 182 valence electrons. The van der Waals surface area contributed by atoms with Crippen molar-refractivity contribution in [2.24, 2.45) is 0 Å². The van der Waals surface area contributed by atoms with Gasteiger partial charge in [-0.1, -0.05) is 60.7 Å². The molecule has 12 rings (SSSR count). The lowest BCUT2D eigenvalue weighted by Gasteiger charge is -2.47. The van der Waals surface area contributed by atoms with Crippen LogP contribution in [0.1, 0.15) is 130 Å². The molecule has 0 aromatic heterocycles. The van der Waals surface area contributed by atoms with Crippen molar-refractivity contribution in [2.45, 2.75) is 85.3 Å². The smallest absolute Gasteiger partial charge is 0.0369 e. The first-order chi connectivity index (χ1) is 17.8. The summed E-state index contributed by atoms with van der Waals surface area (Å²) >= 11 is 2.21. The Balaban J connectivity index is 1.05. The molecule has 9 aliphatic rings. The fraction of sp³-hybridized carbons (Fsp3) is 0.471. The summed E-state index contributed by atoms with van der Waals surface area (Å²) in [5.74, 6) is 5.69. The number of benzene rings is 3. The second-order valence-corrected chi connectivity index (χ2v) is 13.8. The van der Waals surface area contributed by atoms with E-state index in [2.05, 4.69) is 77.7 Å². The lowest BCUT2D eigenvalue weighted by molar-refractivity contribution is 0.295. The molecular weight excluding hydrogens is 454 g/mol. The molecule has 1 nitrogen and oxygen atoms in total. The summed E-state index contributed by atoms with van der Waals surface area (Å²) in [4.78, 5) is 0. The Morgan fingerprint density at radius 3 is 2.14 bits per heavy atom. The third kappa shape index (κ3) is 2.89. The Morgan fingerprint density at radius 2 is 1.28 bits per heavy atom. The first-order valence-corrected chi connectivity index (χ1v) is 15.6. The van der Waals surface area contributed by atoms with Crippen molar-refractivity contribution in [3.8, 4) is 0 Å². The second kappa shape index (κ2) is 7.74. The monoisotopic (exact) mass is 489 g/mol. The average Bonchev–Trinajstić information content (AvgIpc) is 2.98. The molecule has 0 radical (unpaired) electrons. The van der Waals surface area contributed by atoms with E-state index in [1.807, 2.05) is 0 Å². The van der Waals surface area contributed by atoms with Crippen molar-refractivity contribution >= 4 is 11.8 Å². The molecule has 0 amide bonds. The van der Waals surface area contributed by atoms with Crippen LogP contribution in [-0.4, -0.2) is 12.3 Å². The predicted molar refractivity (Wildman–Crippen MR) is 149 cm³/mol. The number of nitrogens with one attached hydrogen (secondary N) is 1. The van der Waals surface area contributed by atoms with E-state index < -0.39 is 0 Å². The third-order valence-corrected chi connectivity index (χ3v) is 12.7. The summed E-state index contributed by atoms with van der Waals surface area (Å²) in [6.07, 6.45) is 8.31. The molecule has 5 aliphatic carbocycles. The van der Waals surface area contributed by atoms with E-state index >= 15 is 0 Å². The van der Waals surface area contributed by atoms with Gasteiger partial charge in [0.15, 0.2) is 0 Å². The Kier molecular flexibility index (Phi) is 4.51. The minimum atomic E-state index is 0.517. The zero-order valence-electron chi connectivity index (χ0n) is 21.0. The molecule has 3 aromatic carbocycles. The molecule has 36 heavy (non-hydrogen) atoms. The molecule has 0 spiro atoms. The van der Waals surface area contributed by atoms with Gasteiger partial charge in [0.2, 0.25) is 0 Å². The first-order valence-electron chi connectivity index (χ1n) is 14.5. The predicted octanol–water partition coefficient (Wildman–Crippen LogP) is 8.42. The highest BCUT2D eigenvalue weighted by molar-refractivity contribution is 7.99. The van der Waals surface area contributed by atoms with Gasteiger partial charge in [-0.3, -0.25) is 0 Å². The van der Waals surface area contributed by atoms with Gasteiger partial charge in [-0.2, -0.15) is 11.8 Å². The third-order valence-electron chi connectivity index (χ3n) is 11.1. The number of fused-ring (bicyclic) bond motifs is 6. The number of hydrogen-bond acceptors (Lipinski definition) is 2. The Labute approximate surface area is 219 Å². The van der Waals surface area contributed by atoms with Crippen LogP contribution in [0.15, 0.2) is 60.7 Å². The van der Waals surface area contributed by atoms with E-state index in [-0.39, 0.29) is 0 Å². The van der Waals surface area contributed by atoms with Gasteiger partial charge >= 0.3 is 0 Å². The molecule has 2 saturated heterocycles. The number of rotatable bonds is 2. The highest BCUT2D eigenvalue weighted by atomic mass is 32.2. The van der Waals surface area contributed by atoms with E-state index in [1.54, 1.807) is 44.5 Å². The lowest BCUT2D eigenvalue weighted by Crippen LogP contribution is -2.42. The Morgan fingerprint density at radius 1 is 0.583 bits per heavy atom. The van der Waals surface area contributed by atoms with E-state index in [0.29, 0.717) is 29.0 Å². The molecule has 3 aromatic rings. The molecular formula is C34H35NS. The zero-order valence-corrected chi connectivity index (χ0v) is 21.8. The summed E-state index contributed by atoms with van der Waals surface area (Å²) < 4.78 is 0. The van der Waals surface area contributed by atoms with Crippen molar-refractivity contribution in [3.63, 3.8) is 0 Å². The molecule has 1 N–H and O–H groups in total. The second-order valence-electron chi connectivity index (χ2n) is 12.7. The molecule has 6 unspecified atom stereocenters. The SMILES string of the molecule is c1ccc2c(c1)C1CSC2C(c2ccc3c(c2)C2CC(c4ccc5c(c4)C4CCC5CC4)C3CN2)C1. The van der Waals surface area contributed by atoms with Gasteiger partial charge in [-0.15, -0.1) is 0 Å². The molecule has 6 bridgehead atoms. The van der Waals surface area contributed by atoms with E-state index in [1.165, 1.54) is 44.3 Å². The highest BCUT2D eigenvalue weighted by Gasteiger charge is 2.44. The highest BCUT2D eigenvalue weighted by Crippen LogP contribution is 2.60. The van der Waals surface area contributed by atoms with E-state index in [4.69, 9.17) is 0 Å². The largest absolute Gasteiger partial charge is 0.309 e. The zero-order chi connectivity index (χ0) is 23.4. The van der Waals surface area contributed by atoms with Crippen LogP contribution >= 0.6 is 11.8 Å². The number of hydrogen-bond donors (Lipinski definition) is 1. The van der Waals surface area contributed by atoms with Crippen LogP contribution in [0.25, 0.3) is 0 Å². The fourth-order valence-electron chi connectivity index (χ4n) is 9.38.